The first-order chi connectivity index (χ1) is 7.52. The summed E-state index contributed by atoms with van der Waals surface area (Å²) in [5, 5.41) is 13.8. The molecule has 2 amide bonds. The van der Waals surface area contributed by atoms with Crippen molar-refractivity contribution in [1.29, 1.82) is 0 Å². The number of carbonyl (C=O) groups excluding carboxylic acids is 2. The molecule has 0 saturated carbocycles. The number of nitrogens with two attached hydrogens (primary N) is 1. The van der Waals surface area contributed by atoms with Crippen molar-refractivity contribution in [2.24, 2.45) is 10.9 Å². The van der Waals surface area contributed by atoms with Crippen molar-refractivity contribution in [2.75, 3.05) is 13.1 Å². The fourth-order valence-corrected chi connectivity index (χ4v) is 1.69. The Morgan fingerprint density at radius 1 is 1.62 bits per heavy atom. The smallest absolute Gasteiger partial charge is 0.230 e. The fraction of sp³-hybridized carbons (Fsp3) is 0.667. The van der Waals surface area contributed by atoms with E-state index in [1.165, 1.54) is 6.92 Å². The summed E-state index contributed by atoms with van der Waals surface area (Å²) in [6.45, 7) is 2.51. The monoisotopic (exact) mass is 228 g/mol. The van der Waals surface area contributed by atoms with Crippen LogP contribution in [0.15, 0.2) is 5.16 Å². The minimum atomic E-state index is -0.192. The van der Waals surface area contributed by atoms with Gasteiger partial charge in [-0.2, -0.15) is 0 Å². The molecule has 1 atom stereocenters. The summed E-state index contributed by atoms with van der Waals surface area (Å²) < 4.78 is 0. The fourth-order valence-electron chi connectivity index (χ4n) is 1.69. The third-order valence-electron chi connectivity index (χ3n) is 2.41. The molecule has 0 aromatic carbocycles. The van der Waals surface area contributed by atoms with Crippen molar-refractivity contribution in [3.63, 3.8) is 0 Å². The van der Waals surface area contributed by atoms with Gasteiger partial charge in [0.1, 0.15) is 5.84 Å². The highest BCUT2D eigenvalue weighted by Crippen LogP contribution is 2.10. The molecule has 1 aliphatic heterocycles. The van der Waals surface area contributed by atoms with Crippen LogP contribution in [-0.4, -0.2) is 46.9 Å². The quantitative estimate of drug-likeness (QED) is 0.245. The molecule has 0 aliphatic carbocycles. The number of oxime groups is 1. The van der Waals surface area contributed by atoms with Gasteiger partial charge >= 0.3 is 0 Å². The zero-order valence-corrected chi connectivity index (χ0v) is 9.14. The van der Waals surface area contributed by atoms with Crippen molar-refractivity contribution in [2.45, 2.75) is 25.8 Å². The molecule has 0 aromatic rings. The van der Waals surface area contributed by atoms with Gasteiger partial charge in [0.15, 0.2) is 0 Å². The number of carbonyl (C=O) groups is 2. The highest BCUT2D eigenvalue weighted by Gasteiger charge is 2.26. The number of nitrogens with zero attached hydrogens (tertiary/aromatic N) is 2. The lowest BCUT2D eigenvalue weighted by atomic mass is 10.2. The Morgan fingerprint density at radius 3 is 2.88 bits per heavy atom. The zero-order chi connectivity index (χ0) is 12.1. The Labute approximate surface area is 93.3 Å². The summed E-state index contributed by atoms with van der Waals surface area (Å²) in [7, 11) is 0. The number of rotatable bonds is 3. The van der Waals surface area contributed by atoms with Crippen molar-refractivity contribution in [3.8, 4) is 0 Å². The van der Waals surface area contributed by atoms with Crippen LogP contribution in [0.3, 0.4) is 0 Å². The molecular formula is C9H16N4O3. The molecule has 4 N–H and O–H groups in total. The van der Waals surface area contributed by atoms with Gasteiger partial charge in [-0.3, -0.25) is 9.59 Å². The van der Waals surface area contributed by atoms with E-state index in [1.54, 1.807) is 4.90 Å². The van der Waals surface area contributed by atoms with Gasteiger partial charge in [-0.05, 0) is 6.42 Å². The van der Waals surface area contributed by atoms with E-state index in [9.17, 15) is 9.59 Å². The molecule has 1 unspecified atom stereocenters. The Bertz CT molecular complexity index is 316. The number of amidine groups is 1. The maximum absolute atomic E-state index is 11.6. The van der Waals surface area contributed by atoms with E-state index in [0.717, 1.165) is 6.42 Å². The van der Waals surface area contributed by atoms with Gasteiger partial charge in [-0.25, -0.2) is 0 Å². The Balaban J connectivity index is 2.40. The van der Waals surface area contributed by atoms with E-state index in [-0.39, 0.29) is 30.1 Å². The summed E-state index contributed by atoms with van der Waals surface area (Å²) in [4.78, 5) is 24.0. The highest BCUT2D eigenvalue weighted by atomic mass is 16.4. The minimum absolute atomic E-state index is 0.00809. The van der Waals surface area contributed by atoms with Gasteiger partial charge < -0.3 is 21.2 Å². The van der Waals surface area contributed by atoms with E-state index in [0.29, 0.717) is 13.1 Å². The molecule has 7 heteroatoms. The standard InChI is InChI=1S/C9H16N4O3/c1-6(14)11-7-2-3-13(5-7)9(15)4-8(10)12-16/h7,16H,2-5H2,1H3,(H2,10,12)(H,11,14). The van der Waals surface area contributed by atoms with Crippen LogP contribution in [0.2, 0.25) is 0 Å². The highest BCUT2D eigenvalue weighted by molar-refractivity contribution is 5.98. The Kier molecular flexibility index (Phi) is 4.10. The van der Waals surface area contributed by atoms with Crippen LogP contribution in [0.5, 0.6) is 0 Å². The van der Waals surface area contributed by atoms with Crippen LogP contribution in [0.4, 0.5) is 0 Å². The van der Waals surface area contributed by atoms with Crippen LogP contribution in [0.25, 0.3) is 0 Å². The van der Waals surface area contributed by atoms with Gasteiger partial charge in [0.25, 0.3) is 0 Å². The summed E-state index contributed by atoms with van der Waals surface area (Å²) in [5.41, 5.74) is 5.24. The molecule has 1 fully saturated rings. The SMILES string of the molecule is CC(=O)NC1CCN(C(=O)CC(N)=NO)C1. The van der Waals surface area contributed by atoms with E-state index in [1.807, 2.05) is 0 Å². The molecule has 0 bridgehead atoms. The third-order valence-corrected chi connectivity index (χ3v) is 2.41. The Morgan fingerprint density at radius 2 is 2.31 bits per heavy atom. The van der Waals surface area contributed by atoms with Crippen molar-refractivity contribution < 1.29 is 14.8 Å². The first-order valence-corrected chi connectivity index (χ1v) is 5.04. The molecule has 0 aromatic heterocycles. The van der Waals surface area contributed by atoms with Gasteiger partial charge in [-0.15, -0.1) is 0 Å². The molecule has 0 radical (unpaired) electrons. The normalized spacial score (nSPS) is 20.9. The molecule has 90 valence electrons. The van der Waals surface area contributed by atoms with E-state index < -0.39 is 0 Å². The summed E-state index contributed by atoms with van der Waals surface area (Å²) >= 11 is 0. The molecule has 1 heterocycles. The summed E-state index contributed by atoms with van der Waals surface area (Å²) in [5.74, 6) is -0.396. The predicted molar refractivity (Wildman–Crippen MR) is 56.8 cm³/mol. The number of amides is 2. The van der Waals surface area contributed by atoms with Gasteiger partial charge in [0.2, 0.25) is 11.8 Å². The number of hydrogen-bond donors (Lipinski definition) is 3. The molecule has 7 nitrogen and oxygen atoms in total. The molecule has 1 rings (SSSR count). The summed E-state index contributed by atoms with van der Waals surface area (Å²) in [6.07, 6.45) is 0.644. The van der Waals surface area contributed by atoms with Crippen molar-refractivity contribution >= 4 is 17.6 Å². The molecule has 0 spiro atoms. The van der Waals surface area contributed by atoms with E-state index in [4.69, 9.17) is 10.9 Å². The van der Waals surface area contributed by atoms with Crippen LogP contribution in [0, 0.1) is 0 Å². The van der Waals surface area contributed by atoms with Crippen LogP contribution < -0.4 is 11.1 Å². The van der Waals surface area contributed by atoms with Gasteiger partial charge in [0.05, 0.1) is 6.42 Å². The van der Waals surface area contributed by atoms with Crippen LogP contribution in [0.1, 0.15) is 19.8 Å². The first-order valence-electron chi connectivity index (χ1n) is 5.04. The van der Waals surface area contributed by atoms with E-state index >= 15 is 0 Å². The lowest BCUT2D eigenvalue weighted by Gasteiger charge is -2.16. The predicted octanol–water partition coefficient (Wildman–Crippen LogP) is -1.14. The first kappa shape index (κ1) is 12.3. The zero-order valence-electron chi connectivity index (χ0n) is 9.14. The second kappa shape index (κ2) is 5.34. The van der Waals surface area contributed by atoms with Crippen LogP contribution >= 0.6 is 0 Å². The average Bonchev–Trinajstić information content (AvgIpc) is 2.65. The lowest BCUT2D eigenvalue weighted by Crippen LogP contribution is -2.38. The van der Waals surface area contributed by atoms with Crippen LogP contribution in [-0.2, 0) is 9.59 Å². The topological polar surface area (TPSA) is 108 Å². The van der Waals surface area contributed by atoms with Gasteiger partial charge in [-0.1, -0.05) is 5.16 Å². The van der Waals surface area contributed by atoms with E-state index in [2.05, 4.69) is 10.5 Å². The lowest BCUT2D eigenvalue weighted by molar-refractivity contribution is -0.129. The van der Waals surface area contributed by atoms with Crippen molar-refractivity contribution in [3.05, 3.63) is 0 Å². The summed E-state index contributed by atoms with van der Waals surface area (Å²) in [6, 6.07) is 0.00809. The second-order valence-electron chi connectivity index (χ2n) is 3.79. The molecular weight excluding hydrogens is 212 g/mol. The largest absolute Gasteiger partial charge is 0.409 e. The molecule has 1 saturated heterocycles. The van der Waals surface area contributed by atoms with Crippen molar-refractivity contribution in [1.82, 2.24) is 10.2 Å². The number of hydrogen-bond acceptors (Lipinski definition) is 4. The van der Waals surface area contributed by atoms with Gasteiger partial charge in [0, 0.05) is 26.1 Å². The molecule has 16 heavy (non-hydrogen) atoms. The minimum Gasteiger partial charge on any atom is -0.409 e. The second-order valence-corrected chi connectivity index (χ2v) is 3.79. The maximum Gasteiger partial charge on any atom is 0.230 e. The average molecular weight is 228 g/mol. The third kappa shape index (κ3) is 3.41. The molecule has 1 aliphatic rings. The number of nitrogens with one attached hydrogen (secondary N) is 1. The Hall–Kier alpha value is -1.79. The number of likely N-dealkylation sites (tertiary alicyclic amines) is 1. The maximum atomic E-state index is 11.6.